The van der Waals surface area contributed by atoms with Gasteiger partial charge in [-0.2, -0.15) is 10.1 Å². The van der Waals surface area contributed by atoms with Crippen LogP contribution in [0.25, 0.3) is 22.4 Å². The van der Waals surface area contributed by atoms with Gasteiger partial charge in [-0.05, 0) is 37.3 Å². The van der Waals surface area contributed by atoms with Crippen LogP contribution in [0.15, 0.2) is 48.8 Å². The third-order valence-corrected chi connectivity index (χ3v) is 5.62. The fraction of sp³-hybridized carbons (Fsp3) is 0.318. The first-order chi connectivity index (χ1) is 15.2. The number of hydrogen-bond donors (Lipinski definition) is 4. The largest absolute Gasteiger partial charge is 0.351 e. The first-order valence-electron chi connectivity index (χ1n) is 10.6. The van der Waals surface area contributed by atoms with Gasteiger partial charge in [-0.3, -0.25) is 5.10 Å². The minimum absolute atomic E-state index is 0. The zero-order valence-electron chi connectivity index (χ0n) is 17.5. The molecular formula is C22H26ClN9. The number of aromatic amines is 1. The fourth-order valence-electron chi connectivity index (χ4n) is 3.87. The van der Waals surface area contributed by atoms with Gasteiger partial charge in [0, 0.05) is 31.0 Å². The molecule has 1 aliphatic carbocycles. The summed E-state index contributed by atoms with van der Waals surface area (Å²) in [6.45, 7) is 0.651. The molecule has 0 amide bonds. The Bertz CT molecular complexity index is 1160. The zero-order chi connectivity index (χ0) is 21.0. The second-order valence-electron chi connectivity index (χ2n) is 7.89. The highest BCUT2D eigenvalue weighted by Gasteiger charge is 2.20. The summed E-state index contributed by atoms with van der Waals surface area (Å²) in [5.74, 6) is 1.15. The van der Waals surface area contributed by atoms with Crippen molar-refractivity contribution in [3.05, 3.63) is 54.4 Å². The van der Waals surface area contributed by atoms with E-state index in [1.54, 1.807) is 12.4 Å². The van der Waals surface area contributed by atoms with Crippen molar-refractivity contribution in [1.82, 2.24) is 30.1 Å². The third kappa shape index (κ3) is 4.95. The minimum atomic E-state index is 0. The molecule has 3 heterocycles. The van der Waals surface area contributed by atoms with Crippen LogP contribution in [-0.4, -0.2) is 42.2 Å². The predicted octanol–water partition coefficient (Wildman–Crippen LogP) is 3.53. The van der Waals surface area contributed by atoms with Crippen LogP contribution in [0.4, 0.5) is 11.9 Å². The summed E-state index contributed by atoms with van der Waals surface area (Å²) in [4.78, 5) is 18.0. The Morgan fingerprint density at radius 3 is 2.59 bits per heavy atom. The second-order valence-corrected chi connectivity index (χ2v) is 7.89. The maximum absolute atomic E-state index is 5.99. The number of H-pyrrole nitrogens is 1. The van der Waals surface area contributed by atoms with Gasteiger partial charge in [-0.15, -0.1) is 12.4 Å². The highest BCUT2D eigenvalue weighted by atomic mass is 35.5. The summed E-state index contributed by atoms with van der Waals surface area (Å²) in [6, 6.07) is 12.7. The molecule has 5 N–H and O–H groups in total. The van der Waals surface area contributed by atoms with Crippen molar-refractivity contribution in [3.63, 3.8) is 0 Å². The summed E-state index contributed by atoms with van der Waals surface area (Å²) in [5.41, 5.74) is 9.27. The molecule has 1 fully saturated rings. The van der Waals surface area contributed by atoms with E-state index in [1.807, 2.05) is 24.3 Å². The highest BCUT2D eigenvalue weighted by molar-refractivity contribution is 5.89. The number of anilines is 2. The van der Waals surface area contributed by atoms with Crippen LogP contribution in [-0.2, 0) is 6.54 Å². The van der Waals surface area contributed by atoms with E-state index in [-0.39, 0.29) is 12.4 Å². The molecule has 0 radical (unpaired) electrons. The average molecular weight is 452 g/mol. The van der Waals surface area contributed by atoms with E-state index < -0.39 is 0 Å². The van der Waals surface area contributed by atoms with E-state index in [2.05, 4.69) is 52.9 Å². The summed E-state index contributed by atoms with van der Waals surface area (Å²) in [7, 11) is 0. The Morgan fingerprint density at radius 2 is 1.78 bits per heavy atom. The van der Waals surface area contributed by atoms with Crippen molar-refractivity contribution in [1.29, 1.82) is 0 Å². The Hall–Kier alpha value is -3.30. The Labute approximate surface area is 192 Å². The zero-order valence-corrected chi connectivity index (χ0v) is 18.3. The van der Waals surface area contributed by atoms with Crippen molar-refractivity contribution >= 4 is 35.3 Å². The van der Waals surface area contributed by atoms with Gasteiger partial charge in [0.05, 0.1) is 16.8 Å². The Morgan fingerprint density at radius 1 is 0.969 bits per heavy atom. The lowest BCUT2D eigenvalue weighted by atomic mass is 9.92. The third-order valence-electron chi connectivity index (χ3n) is 5.62. The van der Waals surface area contributed by atoms with Crippen LogP contribution >= 0.6 is 12.4 Å². The van der Waals surface area contributed by atoms with Gasteiger partial charge in [0.2, 0.25) is 11.9 Å². The topological polar surface area (TPSA) is 130 Å². The number of nitrogens with zero attached hydrogens (tertiary/aromatic N) is 5. The van der Waals surface area contributed by atoms with Crippen LogP contribution < -0.4 is 16.4 Å². The number of aromatic nitrogens is 6. The van der Waals surface area contributed by atoms with E-state index in [9.17, 15) is 0 Å². The molecule has 1 aromatic carbocycles. The molecule has 0 unspecified atom stereocenters. The number of benzene rings is 1. The molecular weight excluding hydrogens is 426 g/mol. The fourth-order valence-corrected chi connectivity index (χ4v) is 3.87. The monoisotopic (exact) mass is 451 g/mol. The van der Waals surface area contributed by atoms with Crippen molar-refractivity contribution in [3.8, 4) is 11.4 Å². The number of fused-ring (bicyclic) bond motifs is 1. The van der Waals surface area contributed by atoms with E-state index >= 15 is 0 Å². The molecule has 32 heavy (non-hydrogen) atoms. The molecule has 9 nitrogen and oxygen atoms in total. The van der Waals surface area contributed by atoms with Gasteiger partial charge >= 0.3 is 0 Å². The van der Waals surface area contributed by atoms with Crippen LogP contribution in [0.5, 0.6) is 0 Å². The molecule has 3 aromatic heterocycles. The van der Waals surface area contributed by atoms with Crippen LogP contribution in [0, 0.1) is 0 Å². The van der Waals surface area contributed by atoms with Gasteiger partial charge in [0.25, 0.3) is 0 Å². The van der Waals surface area contributed by atoms with Crippen molar-refractivity contribution in [2.45, 2.75) is 44.3 Å². The molecule has 0 aliphatic heterocycles. The summed E-state index contributed by atoms with van der Waals surface area (Å²) >= 11 is 0. The van der Waals surface area contributed by atoms with E-state index in [1.165, 1.54) is 0 Å². The number of nitrogens with two attached hydrogens (primary N) is 1. The normalized spacial score (nSPS) is 18.2. The number of rotatable bonds is 6. The molecule has 0 atom stereocenters. The molecule has 10 heteroatoms. The highest BCUT2D eigenvalue weighted by Crippen LogP contribution is 2.25. The van der Waals surface area contributed by atoms with Crippen LogP contribution in [0.1, 0.15) is 31.2 Å². The summed E-state index contributed by atoms with van der Waals surface area (Å²) in [6.07, 6.45) is 7.65. The smallest absolute Gasteiger partial charge is 0.224 e. The standard InChI is InChI=1S/C22H25N9.ClH/c23-15-6-8-16(9-7-15)27-22-26-13-17-19(30-31-20(17)29-22)18-10-11-24-21(28-18)25-12-14-4-2-1-3-5-14;/h1-5,10-11,13,15-16H,6-9,12,23H2,(H,24,25,28)(H2,26,27,29,30,31);1H. The average Bonchev–Trinajstić information content (AvgIpc) is 3.23. The number of halogens is 1. The Balaban J connectivity index is 0.00000245. The Kier molecular flexibility index (Phi) is 6.77. The molecule has 5 rings (SSSR count). The number of hydrogen-bond acceptors (Lipinski definition) is 8. The summed E-state index contributed by atoms with van der Waals surface area (Å²) < 4.78 is 0. The molecule has 0 bridgehead atoms. The lowest BCUT2D eigenvalue weighted by molar-refractivity contribution is 0.410. The quantitative estimate of drug-likeness (QED) is 0.350. The van der Waals surface area contributed by atoms with Gasteiger partial charge < -0.3 is 16.4 Å². The van der Waals surface area contributed by atoms with Crippen molar-refractivity contribution in [2.75, 3.05) is 10.6 Å². The minimum Gasteiger partial charge on any atom is -0.351 e. The maximum Gasteiger partial charge on any atom is 0.224 e. The molecule has 166 valence electrons. The van der Waals surface area contributed by atoms with Crippen molar-refractivity contribution < 1.29 is 0 Å². The lowest BCUT2D eigenvalue weighted by Gasteiger charge is -2.26. The van der Waals surface area contributed by atoms with E-state index in [0.29, 0.717) is 36.2 Å². The summed E-state index contributed by atoms with van der Waals surface area (Å²) in [5, 5.41) is 14.9. The molecule has 0 saturated heterocycles. The van der Waals surface area contributed by atoms with Crippen LogP contribution in [0.2, 0.25) is 0 Å². The first-order valence-corrected chi connectivity index (χ1v) is 10.6. The van der Waals surface area contributed by atoms with Gasteiger partial charge in [0.15, 0.2) is 5.65 Å². The van der Waals surface area contributed by atoms with Crippen molar-refractivity contribution in [2.24, 2.45) is 5.73 Å². The predicted molar refractivity (Wildman–Crippen MR) is 128 cm³/mol. The van der Waals surface area contributed by atoms with Gasteiger partial charge in [-0.1, -0.05) is 30.3 Å². The van der Waals surface area contributed by atoms with Crippen LogP contribution in [0.3, 0.4) is 0 Å². The molecule has 0 spiro atoms. The SMILES string of the molecule is Cl.NC1CCC(Nc2ncc3c(-c4ccnc(NCc5ccccc5)n4)[nH]nc3n2)CC1. The maximum atomic E-state index is 5.99. The first kappa shape index (κ1) is 21.9. The van der Waals surface area contributed by atoms with E-state index in [0.717, 1.165) is 48.0 Å². The molecule has 1 aliphatic rings. The lowest BCUT2D eigenvalue weighted by Crippen LogP contribution is -2.33. The second kappa shape index (κ2) is 9.88. The van der Waals surface area contributed by atoms with Gasteiger partial charge in [0.1, 0.15) is 0 Å². The van der Waals surface area contributed by atoms with Gasteiger partial charge in [-0.25, -0.2) is 15.0 Å². The molecule has 4 aromatic rings. The van der Waals surface area contributed by atoms with E-state index in [4.69, 9.17) is 5.73 Å². The molecule has 1 saturated carbocycles. The number of nitrogens with one attached hydrogen (secondary N) is 3.